The molecule has 0 aromatic heterocycles. The van der Waals surface area contributed by atoms with Gasteiger partial charge < -0.3 is 9.84 Å². The monoisotopic (exact) mass is 386 g/mol. The molecule has 0 aliphatic carbocycles. The molecule has 2 aromatic rings. The largest absolute Gasteiger partial charge is 0.459 e. The van der Waals surface area contributed by atoms with Crippen LogP contribution in [0.25, 0.3) is 0 Å². The molecule has 1 aliphatic heterocycles. The standard InChI is InChI=1S/C19H18N2O7/c1-11(22)16(20-17(23)14-4-2-3-5-15(14)18(20)24)19(25)28-10-12-6-8-13(9-7-12)21(26)27/h2-9,11,16,22,26-27H,10H2,1H3/t11-,16-/m1/s1. The minimum Gasteiger partial charge on any atom is -0.459 e. The van der Waals surface area contributed by atoms with Crippen LogP contribution in [-0.2, 0) is 16.1 Å². The highest BCUT2D eigenvalue weighted by atomic mass is 16.8. The molecule has 0 saturated heterocycles. The number of ether oxygens (including phenoxy) is 1. The van der Waals surface area contributed by atoms with E-state index in [2.05, 4.69) is 0 Å². The SMILES string of the molecule is C[C@@H](O)[C@H](C(=O)OCc1ccc(N(O)O)cc1)N1C(=O)c2ccccc2C1=O. The summed E-state index contributed by atoms with van der Waals surface area (Å²) in [7, 11) is 0. The normalized spacial score (nSPS) is 15.2. The van der Waals surface area contributed by atoms with Crippen molar-refractivity contribution < 1.29 is 34.6 Å². The summed E-state index contributed by atoms with van der Waals surface area (Å²) in [6, 6.07) is 10.5. The Labute approximate surface area is 159 Å². The first kappa shape index (κ1) is 19.5. The molecule has 2 atom stereocenters. The summed E-state index contributed by atoms with van der Waals surface area (Å²) in [5, 5.41) is 27.8. The Hall–Kier alpha value is -3.27. The van der Waals surface area contributed by atoms with Crippen molar-refractivity contribution in [1.29, 1.82) is 0 Å². The molecule has 1 heterocycles. The van der Waals surface area contributed by atoms with Crippen molar-refractivity contribution >= 4 is 23.5 Å². The number of aliphatic hydroxyl groups excluding tert-OH is 1. The Balaban J connectivity index is 1.75. The fraction of sp³-hybridized carbons (Fsp3) is 0.211. The summed E-state index contributed by atoms with van der Waals surface area (Å²) >= 11 is 0. The maximum absolute atomic E-state index is 12.6. The van der Waals surface area contributed by atoms with Gasteiger partial charge >= 0.3 is 5.97 Å². The van der Waals surface area contributed by atoms with Crippen molar-refractivity contribution in [1.82, 2.24) is 4.90 Å². The summed E-state index contributed by atoms with van der Waals surface area (Å²) in [5.74, 6) is -2.27. The second kappa shape index (κ2) is 7.77. The number of carbonyl (C=O) groups excluding carboxylic acids is 3. The van der Waals surface area contributed by atoms with Crippen LogP contribution in [0.2, 0.25) is 0 Å². The zero-order chi connectivity index (χ0) is 20.4. The number of carbonyl (C=O) groups is 3. The number of hydrogen-bond donors (Lipinski definition) is 3. The number of anilines is 1. The van der Waals surface area contributed by atoms with Crippen LogP contribution in [0.15, 0.2) is 48.5 Å². The molecule has 0 spiro atoms. The van der Waals surface area contributed by atoms with Gasteiger partial charge in [-0.05, 0) is 36.8 Å². The molecule has 2 amide bonds. The average Bonchev–Trinajstić information content (AvgIpc) is 2.92. The van der Waals surface area contributed by atoms with E-state index in [0.29, 0.717) is 5.56 Å². The zero-order valence-electron chi connectivity index (χ0n) is 14.8. The Morgan fingerprint density at radius 2 is 1.57 bits per heavy atom. The summed E-state index contributed by atoms with van der Waals surface area (Å²) in [5.41, 5.74) is 0.979. The van der Waals surface area contributed by atoms with Crippen molar-refractivity contribution in [2.75, 3.05) is 5.23 Å². The molecule has 0 bridgehead atoms. The lowest BCUT2D eigenvalue weighted by Crippen LogP contribution is -2.51. The van der Waals surface area contributed by atoms with Crippen LogP contribution < -0.4 is 5.23 Å². The smallest absolute Gasteiger partial charge is 0.332 e. The minimum atomic E-state index is -1.49. The molecule has 9 heteroatoms. The molecule has 1 aliphatic rings. The van der Waals surface area contributed by atoms with E-state index in [1.807, 2.05) is 0 Å². The minimum absolute atomic E-state index is 0.0540. The number of fused-ring (bicyclic) bond motifs is 1. The van der Waals surface area contributed by atoms with E-state index < -0.39 is 29.9 Å². The second-order valence-corrected chi connectivity index (χ2v) is 6.27. The maximum Gasteiger partial charge on any atom is 0.332 e. The summed E-state index contributed by atoms with van der Waals surface area (Å²) in [4.78, 5) is 38.4. The quantitative estimate of drug-likeness (QED) is 0.386. The number of hydrogen-bond acceptors (Lipinski definition) is 8. The number of esters is 1. The number of aliphatic hydroxyl groups is 1. The van der Waals surface area contributed by atoms with Gasteiger partial charge in [-0.25, -0.2) is 4.79 Å². The number of benzene rings is 2. The van der Waals surface area contributed by atoms with E-state index in [1.165, 1.54) is 43.3 Å². The Bertz CT molecular complexity index is 874. The molecule has 0 fully saturated rings. The average molecular weight is 386 g/mol. The Morgan fingerprint density at radius 1 is 1.04 bits per heavy atom. The first-order chi connectivity index (χ1) is 13.3. The molecule has 3 N–H and O–H groups in total. The van der Waals surface area contributed by atoms with Gasteiger partial charge in [0.25, 0.3) is 11.8 Å². The number of amides is 2. The predicted molar refractivity (Wildman–Crippen MR) is 94.7 cm³/mol. The highest BCUT2D eigenvalue weighted by Gasteiger charge is 2.45. The van der Waals surface area contributed by atoms with Crippen LogP contribution >= 0.6 is 0 Å². The topological polar surface area (TPSA) is 128 Å². The molecule has 0 unspecified atom stereocenters. The van der Waals surface area contributed by atoms with Gasteiger partial charge in [0.15, 0.2) is 6.04 Å². The highest BCUT2D eigenvalue weighted by molar-refractivity contribution is 6.22. The Morgan fingerprint density at radius 3 is 2.04 bits per heavy atom. The molecule has 0 saturated carbocycles. The van der Waals surface area contributed by atoms with Gasteiger partial charge in [-0.15, -0.1) is 5.23 Å². The van der Waals surface area contributed by atoms with Crippen molar-refractivity contribution in [3.8, 4) is 0 Å². The van der Waals surface area contributed by atoms with Crippen LogP contribution in [0.3, 0.4) is 0 Å². The van der Waals surface area contributed by atoms with Gasteiger partial charge in [-0.3, -0.25) is 24.9 Å². The van der Waals surface area contributed by atoms with Gasteiger partial charge in [0.2, 0.25) is 0 Å². The molecule has 146 valence electrons. The van der Waals surface area contributed by atoms with Crippen molar-refractivity contribution in [2.24, 2.45) is 0 Å². The lowest BCUT2D eigenvalue weighted by Gasteiger charge is -2.26. The van der Waals surface area contributed by atoms with Gasteiger partial charge in [0, 0.05) is 0 Å². The van der Waals surface area contributed by atoms with Crippen LogP contribution in [0.5, 0.6) is 0 Å². The third kappa shape index (κ3) is 3.58. The van der Waals surface area contributed by atoms with E-state index in [9.17, 15) is 19.5 Å². The third-order valence-corrected chi connectivity index (χ3v) is 4.35. The summed E-state index contributed by atoms with van der Waals surface area (Å²) in [6.07, 6.45) is -1.34. The van der Waals surface area contributed by atoms with E-state index in [-0.39, 0.29) is 28.6 Å². The zero-order valence-corrected chi connectivity index (χ0v) is 14.8. The third-order valence-electron chi connectivity index (χ3n) is 4.35. The second-order valence-electron chi connectivity index (χ2n) is 6.27. The summed E-state index contributed by atoms with van der Waals surface area (Å²) < 4.78 is 5.18. The summed E-state index contributed by atoms with van der Waals surface area (Å²) in [6.45, 7) is 1.10. The molecule has 2 aromatic carbocycles. The maximum atomic E-state index is 12.6. The Kier molecular flexibility index (Phi) is 5.41. The van der Waals surface area contributed by atoms with Crippen molar-refractivity contribution in [3.63, 3.8) is 0 Å². The van der Waals surface area contributed by atoms with Crippen molar-refractivity contribution in [3.05, 3.63) is 65.2 Å². The highest BCUT2D eigenvalue weighted by Crippen LogP contribution is 2.26. The van der Waals surface area contributed by atoms with Crippen LogP contribution in [0.1, 0.15) is 33.2 Å². The lowest BCUT2D eigenvalue weighted by atomic mass is 10.1. The molecule has 0 radical (unpaired) electrons. The van der Waals surface area contributed by atoms with Gasteiger partial charge in [0.05, 0.1) is 22.9 Å². The lowest BCUT2D eigenvalue weighted by molar-refractivity contribution is -0.153. The van der Waals surface area contributed by atoms with E-state index in [4.69, 9.17) is 15.2 Å². The molecule has 28 heavy (non-hydrogen) atoms. The van der Waals surface area contributed by atoms with E-state index in [0.717, 1.165) is 4.90 Å². The van der Waals surface area contributed by atoms with Crippen LogP contribution in [0.4, 0.5) is 5.69 Å². The molecular formula is C19H18N2O7. The number of rotatable bonds is 6. The number of imide groups is 1. The van der Waals surface area contributed by atoms with Gasteiger partial charge in [-0.2, -0.15) is 0 Å². The van der Waals surface area contributed by atoms with Crippen LogP contribution in [0, 0.1) is 0 Å². The van der Waals surface area contributed by atoms with Gasteiger partial charge in [0.1, 0.15) is 6.61 Å². The first-order valence-corrected chi connectivity index (χ1v) is 8.39. The first-order valence-electron chi connectivity index (χ1n) is 8.39. The van der Waals surface area contributed by atoms with Crippen molar-refractivity contribution in [2.45, 2.75) is 25.7 Å². The van der Waals surface area contributed by atoms with Gasteiger partial charge in [-0.1, -0.05) is 24.3 Å². The van der Waals surface area contributed by atoms with E-state index in [1.54, 1.807) is 12.1 Å². The van der Waals surface area contributed by atoms with Crippen LogP contribution in [-0.4, -0.2) is 50.4 Å². The fourth-order valence-electron chi connectivity index (χ4n) is 2.94. The number of nitrogens with zero attached hydrogens (tertiary/aromatic N) is 2. The molecule has 9 nitrogen and oxygen atoms in total. The molecule has 3 rings (SSSR count). The molecular weight excluding hydrogens is 368 g/mol. The predicted octanol–water partition coefficient (Wildman–Crippen LogP) is 1.36. The van der Waals surface area contributed by atoms with E-state index >= 15 is 0 Å². The fourth-order valence-corrected chi connectivity index (χ4v) is 2.94.